The van der Waals surface area contributed by atoms with E-state index in [1.807, 2.05) is 13.1 Å². The Hall–Kier alpha value is -1.42. The molecular formula is C24H31ClN2S. The Bertz CT molecular complexity index is 780. The van der Waals surface area contributed by atoms with Crippen molar-refractivity contribution < 1.29 is 0 Å². The molecule has 1 fully saturated rings. The molecule has 150 valence electrons. The van der Waals surface area contributed by atoms with E-state index < -0.39 is 0 Å². The summed E-state index contributed by atoms with van der Waals surface area (Å²) in [4.78, 5) is 3.93. The molecule has 2 aromatic rings. The summed E-state index contributed by atoms with van der Waals surface area (Å²) in [5.41, 5.74) is 3.89. The SMILES string of the molecule is C=CC1(c2cc(Cl)ccc2NC)CCN(CCCc2ccc(SC)cc2)CC1. The smallest absolute Gasteiger partial charge is 0.0410 e. The number of hydrogen-bond acceptors (Lipinski definition) is 3. The number of nitrogens with zero attached hydrogens (tertiary/aromatic N) is 1. The van der Waals surface area contributed by atoms with Gasteiger partial charge in [0.05, 0.1) is 0 Å². The van der Waals surface area contributed by atoms with Crippen LogP contribution in [0.15, 0.2) is 60.0 Å². The van der Waals surface area contributed by atoms with E-state index in [4.69, 9.17) is 11.6 Å². The van der Waals surface area contributed by atoms with Crippen LogP contribution < -0.4 is 5.32 Å². The fourth-order valence-electron chi connectivity index (χ4n) is 4.20. The van der Waals surface area contributed by atoms with Crippen molar-refractivity contribution in [3.8, 4) is 0 Å². The van der Waals surface area contributed by atoms with E-state index in [-0.39, 0.29) is 5.41 Å². The lowest BCUT2D eigenvalue weighted by Crippen LogP contribution is -2.42. The molecule has 1 N–H and O–H groups in total. The Morgan fingerprint density at radius 3 is 2.50 bits per heavy atom. The molecule has 0 radical (unpaired) electrons. The van der Waals surface area contributed by atoms with Crippen LogP contribution in [0.25, 0.3) is 0 Å². The van der Waals surface area contributed by atoms with Crippen LogP contribution in [0, 0.1) is 0 Å². The molecule has 3 rings (SSSR count). The Balaban J connectivity index is 1.56. The number of benzene rings is 2. The summed E-state index contributed by atoms with van der Waals surface area (Å²) in [6.45, 7) is 7.56. The molecule has 1 saturated heterocycles. The zero-order valence-electron chi connectivity index (χ0n) is 17.0. The van der Waals surface area contributed by atoms with Crippen molar-refractivity contribution in [1.29, 1.82) is 0 Å². The van der Waals surface area contributed by atoms with E-state index in [2.05, 4.69) is 65.5 Å². The van der Waals surface area contributed by atoms with E-state index in [1.165, 1.54) is 22.4 Å². The quantitative estimate of drug-likeness (QED) is 0.405. The molecule has 2 aromatic carbocycles. The first-order valence-electron chi connectivity index (χ1n) is 10.1. The molecule has 0 amide bonds. The van der Waals surface area contributed by atoms with Gasteiger partial charge in [0.1, 0.15) is 0 Å². The number of hydrogen-bond donors (Lipinski definition) is 1. The molecule has 0 bridgehead atoms. The summed E-state index contributed by atoms with van der Waals surface area (Å²) < 4.78 is 0. The molecular weight excluding hydrogens is 384 g/mol. The van der Waals surface area contributed by atoms with Gasteiger partial charge in [-0.3, -0.25) is 0 Å². The van der Waals surface area contributed by atoms with Crippen LogP contribution in [-0.4, -0.2) is 37.8 Å². The second-order valence-electron chi connectivity index (χ2n) is 7.59. The van der Waals surface area contributed by atoms with Gasteiger partial charge in [-0.05, 0) is 93.0 Å². The van der Waals surface area contributed by atoms with Crippen molar-refractivity contribution in [2.75, 3.05) is 38.3 Å². The zero-order valence-corrected chi connectivity index (χ0v) is 18.6. The fraction of sp³-hybridized carbons (Fsp3) is 0.417. The van der Waals surface area contributed by atoms with Crippen molar-refractivity contribution in [1.82, 2.24) is 4.90 Å². The lowest BCUT2D eigenvalue weighted by Gasteiger charge is -2.41. The van der Waals surface area contributed by atoms with Gasteiger partial charge in [0.15, 0.2) is 0 Å². The molecule has 2 nitrogen and oxygen atoms in total. The van der Waals surface area contributed by atoms with Gasteiger partial charge in [0.25, 0.3) is 0 Å². The van der Waals surface area contributed by atoms with Crippen molar-refractivity contribution in [3.05, 3.63) is 71.3 Å². The highest BCUT2D eigenvalue weighted by molar-refractivity contribution is 7.98. The molecule has 0 aromatic heterocycles. The maximum absolute atomic E-state index is 6.31. The van der Waals surface area contributed by atoms with E-state index in [1.54, 1.807) is 11.8 Å². The topological polar surface area (TPSA) is 15.3 Å². The lowest BCUT2D eigenvalue weighted by atomic mass is 9.72. The second-order valence-corrected chi connectivity index (χ2v) is 8.91. The van der Waals surface area contributed by atoms with Gasteiger partial charge in [-0.15, -0.1) is 18.3 Å². The van der Waals surface area contributed by atoms with Crippen LogP contribution in [0.1, 0.15) is 30.4 Å². The summed E-state index contributed by atoms with van der Waals surface area (Å²) >= 11 is 8.11. The summed E-state index contributed by atoms with van der Waals surface area (Å²) in [7, 11) is 1.98. The highest BCUT2D eigenvalue weighted by Crippen LogP contribution is 2.41. The van der Waals surface area contributed by atoms with E-state index in [0.29, 0.717) is 0 Å². The largest absolute Gasteiger partial charge is 0.388 e. The molecule has 0 atom stereocenters. The predicted molar refractivity (Wildman–Crippen MR) is 125 cm³/mol. The fourth-order valence-corrected chi connectivity index (χ4v) is 4.78. The molecule has 0 saturated carbocycles. The Morgan fingerprint density at radius 1 is 1.18 bits per heavy atom. The first-order valence-corrected chi connectivity index (χ1v) is 11.7. The molecule has 1 aliphatic heterocycles. The number of aryl methyl sites for hydroxylation is 1. The third kappa shape index (κ3) is 4.94. The first kappa shape index (κ1) is 21.3. The number of halogens is 1. The average Bonchev–Trinajstić information content (AvgIpc) is 2.75. The molecule has 0 unspecified atom stereocenters. The average molecular weight is 415 g/mol. The zero-order chi connectivity index (χ0) is 20.0. The van der Waals surface area contributed by atoms with Crippen LogP contribution in [0.3, 0.4) is 0 Å². The van der Waals surface area contributed by atoms with Gasteiger partial charge in [-0.1, -0.05) is 29.8 Å². The predicted octanol–water partition coefficient (Wildman–Crippen LogP) is 6.26. The minimum atomic E-state index is 0.00733. The minimum Gasteiger partial charge on any atom is -0.388 e. The van der Waals surface area contributed by atoms with Crippen molar-refractivity contribution in [3.63, 3.8) is 0 Å². The van der Waals surface area contributed by atoms with Crippen LogP contribution >= 0.6 is 23.4 Å². The van der Waals surface area contributed by atoms with Crippen LogP contribution in [0.4, 0.5) is 5.69 Å². The van der Waals surface area contributed by atoms with E-state index in [9.17, 15) is 0 Å². The number of likely N-dealkylation sites (tertiary alicyclic amines) is 1. The van der Waals surface area contributed by atoms with Gasteiger partial charge in [0.2, 0.25) is 0 Å². The summed E-state index contributed by atoms with van der Waals surface area (Å²) in [6.07, 6.45) is 8.80. The number of thioether (sulfide) groups is 1. The number of rotatable bonds is 8. The Labute approximate surface area is 179 Å². The number of piperidine rings is 1. The highest BCUT2D eigenvalue weighted by atomic mass is 35.5. The monoisotopic (exact) mass is 414 g/mol. The molecule has 4 heteroatoms. The van der Waals surface area contributed by atoms with Gasteiger partial charge >= 0.3 is 0 Å². The molecule has 1 aliphatic rings. The summed E-state index contributed by atoms with van der Waals surface area (Å²) in [5.74, 6) is 0. The maximum Gasteiger partial charge on any atom is 0.0410 e. The second kappa shape index (κ2) is 9.87. The Kier molecular flexibility index (Phi) is 7.50. The van der Waals surface area contributed by atoms with Crippen molar-refractivity contribution in [2.45, 2.75) is 36.0 Å². The summed E-state index contributed by atoms with van der Waals surface area (Å²) in [6, 6.07) is 15.1. The molecule has 28 heavy (non-hydrogen) atoms. The summed E-state index contributed by atoms with van der Waals surface area (Å²) in [5, 5.41) is 4.13. The maximum atomic E-state index is 6.31. The number of allylic oxidation sites excluding steroid dienone is 1. The van der Waals surface area contributed by atoms with Crippen molar-refractivity contribution >= 4 is 29.1 Å². The third-order valence-electron chi connectivity index (χ3n) is 6.03. The number of anilines is 1. The van der Waals surface area contributed by atoms with Gasteiger partial charge in [-0.25, -0.2) is 0 Å². The van der Waals surface area contributed by atoms with Gasteiger partial charge < -0.3 is 10.2 Å². The van der Waals surface area contributed by atoms with E-state index in [0.717, 1.165) is 49.6 Å². The van der Waals surface area contributed by atoms with E-state index >= 15 is 0 Å². The minimum absolute atomic E-state index is 0.00733. The highest BCUT2D eigenvalue weighted by Gasteiger charge is 2.35. The molecule has 0 spiro atoms. The lowest BCUT2D eigenvalue weighted by molar-refractivity contribution is 0.182. The standard InChI is InChI=1S/C24H31ClN2S/c1-4-24(22-18-20(25)9-12-23(22)26-2)13-16-27(17-14-24)15-5-6-19-7-10-21(28-3)11-8-19/h4,7-12,18,26H,1,5-6,13-17H2,2-3H3. The van der Waals surface area contributed by atoms with Crippen LogP contribution in [0.5, 0.6) is 0 Å². The normalized spacial score (nSPS) is 16.7. The Morgan fingerprint density at radius 2 is 1.89 bits per heavy atom. The van der Waals surface area contributed by atoms with Crippen molar-refractivity contribution in [2.24, 2.45) is 0 Å². The number of nitrogens with one attached hydrogen (secondary N) is 1. The first-order chi connectivity index (χ1) is 13.6. The van der Waals surface area contributed by atoms with Gasteiger partial charge in [0, 0.05) is 28.1 Å². The molecule has 0 aliphatic carbocycles. The molecule has 1 heterocycles. The third-order valence-corrected chi connectivity index (χ3v) is 7.00. The van der Waals surface area contributed by atoms with Crippen LogP contribution in [-0.2, 0) is 11.8 Å². The van der Waals surface area contributed by atoms with Gasteiger partial charge in [-0.2, -0.15) is 0 Å². The van der Waals surface area contributed by atoms with Crippen LogP contribution in [0.2, 0.25) is 5.02 Å².